The summed E-state index contributed by atoms with van der Waals surface area (Å²) >= 11 is 0. The third-order valence-corrected chi connectivity index (χ3v) is 6.35. The molecular weight excluding hydrogens is 398 g/mol. The van der Waals surface area contributed by atoms with E-state index in [1.807, 2.05) is 0 Å². The number of hydrogen-bond donors (Lipinski definition) is 1. The molecule has 0 atom stereocenters. The topological polar surface area (TPSA) is 73.9 Å². The summed E-state index contributed by atoms with van der Waals surface area (Å²) < 4.78 is 83.8. The van der Waals surface area contributed by atoms with Crippen LogP contribution in [0.3, 0.4) is 0 Å². The maximum atomic E-state index is 13.4. The summed E-state index contributed by atoms with van der Waals surface area (Å²) in [6, 6.07) is 2.61. The molecule has 2 rings (SSSR count). The van der Waals surface area contributed by atoms with Crippen molar-refractivity contribution in [3.05, 3.63) is 23.8 Å². The Kier molecular flexibility index (Phi) is 6.57. The SMILES string of the molecule is COCCCNS(=O)(=O)c1cc(B2OC(C)(C)C(C)(C)O2)cc(C(F)(F)F)c1. The third-order valence-electron chi connectivity index (χ3n) is 4.91. The Morgan fingerprint density at radius 1 is 1.11 bits per heavy atom. The molecule has 1 N–H and O–H groups in total. The van der Waals surface area contributed by atoms with Crippen LogP contribution in [0, 0.1) is 0 Å². The van der Waals surface area contributed by atoms with Gasteiger partial charge in [-0.25, -0.2) is 13.1 Å². The number of benzene rings is 1. The van der Waals surface area contributed by atoms with Crippen LogP contribution in [0.2, 0.25) is 0 Å². The molecule has 6 nitrogen and oxygen atoms in total. The van der Waals surface area contributed by atoms with E-state index in [2.05, 4.69) is 4.72 Å². The molecule has 1 aromatic carbocycles. The van der Waals surface area contributed by atoms with Gasteiger partial charge < -0.3 is 14.0 Å². The van der Waals surface area contributed by atoms with Gasteiger partial charge in [-0.15, -0.1) is 0 Å². The zero-order chi connectivity index (χ0) is 21.4. The van der Waals surface area contributed by atoms with Crippen molar-refractivity contribution in [1.82, 2.24) is 4.72 Å². The van der Waals surface area contributed by atoms with E-state index in [1.54, 1.807) is 27.7 Å². The monoisotopic (exact) mass is 423 g/mol. The number of alkyl halides is 3. The van der Waals surface area contributed by atoms with Crippen LogP contribution in [0.5, 0.6) is 0 Å². The Morgan fingerprint density at radius 2 is 1.68 bits per heavy atom. The molecular formula is C17H25BF3NO5S. The van der Waals surface area contributed by atoms with Gasteiger partial charge in [0, 0.05) is 20.3 Å². The first kappa shape index (κ1) is 23.1. The molecule has 0 radical (unpaired) electrons. The molecule has 11 heteroatoms. The number of nitrogens with one attached hydrogen (secondary N) is 1. The van der Waals surface area contributed by atoms with Crippen molar-refractivity contribution < 1.29 is 35.6 Å². The number of sulfonamides is 1. The van der Waals surface area contributed by atoms with Gasteiger partial charge in [0.15, 0.2) is 0 Å². The molecule has 1 aliphatic rings. The molecule has 0 bridgehead atoms. The minimum atomic E-state index is -4.72. The van der Waals surface area contributed by atoms with Gasteiger partial charge in [0.1, 0.15) is 0 Å². The molecule has 1 fully saturated rings. The molecule has 0 spiro atoms. The summed E-state index contributed by atoms with van der Waals surface area (Å²) in [5.41, 5.74) is -2.64. The molecule has 158 valence electrons. The first-order chi connectivity index (χ1) is 12.7. The van der Waals surface area contributed by atoms with Crippen LogP contribution in [-0.2, 0) is 30.2 Å². The van der Waals surface area contributed by atoms with E-state index in [0.29, 0.717) is 19.1 Å². The molecule has 28 heavy (non-hydrogen) atoms. The summed E-state index contributed by atoms with van der Waals surface area (Å²) in [6.07, 6.45) is -4.33. The number of ether oxygens (including phenoxy) is 1. The first-order valence-corrected chi connectivity index (χ1v) is 10.2. The standard InChI is InChI=1S/C17H25BF3NO5S/c1-15(2)16(3,4)27-18(26-15)13-9-12(17(19,20)21)10-14(11-13)28(23,24)22-7-6-8-25-5/h9-11,22H,6-8H2,1-5H3. The summed E-state index contributed by atoms with van der Waals surface area (Å²) in [4.78, 5) is -0.496. The molecule has 0 saturated carbocycles. The van der Waals surface area contributed by atoms with Crippen LogP contribution in [-0.4, -0.2) is 47.0 Å². The van der Waals surface area contributed by atoms with Crippen molar-refractivity contribution in [3.8, 4) is 0 Å². The van der Waals surface area contributed by atoms with Crippen molar-refractivity contribution in [1.29, 1.82) is 0 Å². The second-order valence-electron chi connectivity index (χ2n) is 7.62. The minimum absolute atomic E-state index is 0.00857. The fraction of sp³-hybridized carbons (Fsp3) is 0.647. The molecule has 0 amide bonds. The van der Waals surface area contributed by atoms with Crippen LogP contribution in [0.15, 0.2) is 23.1 Å². The zero-order valence-electron chi connectivity index (χ0n) is 16.5. The second-order valence-corrected chi connectivity index (χ2v) is 9.39. The second kappa shape index (κ2) is 7.94. The van der Waals surface area contributed by atoms with Crippen LogP contribution >= 0.6 is 0 Å². The summed E-state index contributed by atoms with van der Waals surface area (Å²) in [5.74, 6) is 0. The van der Waals surface area contributed by atoms with Crippen molar-refractivity contribution in [2.24, 2.45) is 0 Å². The van der Waals surface area contributed by atoms with E-state index in [1.165, 1.54) is 7.11 Å². The van der Waals surface area contributed by atoms with Crippen molar-refractivity contribution in [2.75, 3.05) is 20.3 Å². The highest BCUT2D eigenvalue weighted by atomic mass is 32.2. The number of halogens is 3. The smallest absolute Gasteiger partial charge is 0.399 e. The van der Waals surface area contributed by atoms with Gasteiger partial charge in [0.25, 0.3) is 0 Å². The highest BCUT2D eigenvalue weighted by Gasteiger charge is 2.52. The van der Waals surface area contributed by atoms with Gasteiger partial charge in [-0.05, 0) is 51.7 Å². The predicted molar refractivity (Wildman–Crippen MR) is 98.8 cm³/mol. The van der Waals surface area contributed by atoms with E-state index in [-0.39, 0.29) is 12.0 Å². The Hall–Kier alpha value is -1.14. The van der Waals surface area contributed by atoms with E-state index in [4.69, 9.17) is 14.0 Å². The Morgan fingerprint density at radius 3 is 2.18 bits per heavy atom. The molecule has 1 aromatic rings. The number of rotatable bonds is 7. The van der Waals surface area contributed by atoms with E-state index >= 15 is 0 Å². The third kappa shape index (κ3) is 5.07. The first-order valence-electron chi connectivity index (χ1n) is 8.76. The quantitative estimate of drug-likeness (QED) is 0.539. The molecule has 0 aliphatic carbocycles. The predicted octanol–water partition coefficient (Wildman–Crippen LogP) is 2.32. The van der Waals surface area contributed by atoms with Crippen LogP contribution in [0.1, 0.15) is 39.7 Å². The molecule has 1 heterocycles. The lowest BCUT2D eigenvalue weighted by Gasteiger charge is -2.32. The van der Waals surface area contributed by atoms with Gasteiger partial charge in [-0.1, -0.05) is 6.07 Å². The highest BCUT2D eigenvalue weighted by Crippen LogP contribution is 2.37. The van der Waals surface area contributed by atoms with Crippen molar-refractivity contribution >= 4 is 22.6 Å². The fourth-order valence-electron chi connectivity index (χ4n) is 2.56. The molecule has 1 aliphatic heterocycles. The molecule has 1 saturated heterocycles. The van der Waals surface area contributed by atoms with Crippen LogP contribution in [0.25, 0.3) is 0 Å². The lowest BCUT2D eigenvalue weighted by Crippen LogP contribution is -2.41. The van der Waals surface area contributed by atoms with E-state index in [9.17, 15) is 21.6 Å². The van der Waals surface area contributed by atoms with E-state index < -0.39 is 45.0 Å². The average molecular weight is 423 g/mol. The van der Waals surface area contributed by atoms with Gasteiger partial charge in [0.05, 0.1) is 21.7 Å². The Bertz CT molecular complexity index is 796. The summed E-state index contributed by atoms with van der Waals surface area (Å²) in [6.45, 7) is 7.40. The van der Waals surface area contributed by atoms with Gasteiger partial charge >= 0.3 is 13.3 Å². The maximum absolute atomic E-state index is 13.4. The highest BCUT2D eigenvalue weighted by molar-refractivity contribution is 7.89. The molecule has 0 unspecified atom stereocenters. The Balaban J connectivity index is 2.42. The zero-order valence-corrected chi connectivity index (χ0v) is 17.3. The summed E-state index contributed by atoms with van der Waals surface area (Å²) in [7, 11) is -3.80. The average Bonchev–Trinajstić information content (AvgIpc) is 2.78. The number of methoxy groups -OCH3 is 1. The minimum Gasteiger partial charge on any atom is -0.399 e. The van der Waals surface area contributed by atoms with Gasteiger partial charge in [-0.2, -0.15) is 13.2 Å². The van der Waals surface area contributed by atoms with E-state index in [0.717, 1.165) is 12.1 Å². The lowest BCUT2D eigenvalue weighted by molar-refractivity contribution is -0.137. The number of hydrogen-bond acceptors (Lipinski definition) is 5. The van der Waals surface area contributed by atoms with Crippen molar-refractivity contribution in [2.45, 2.75) is 56.4 Å². The lowest BCUT2D eigenvalue weighted by atomic mass is 9.78. The normalized spacial score (nSPS) is 19.2. The van der Waals surface area contributed by atoms with Crippen LogP contribution in [0.4, 0.5) is 13.2 Å². The Labute approximate surface area is 163 Å². The maximum Gasteiger partial charge on any atom is 0.494 e. The largest absolute Gasteiger partial charge is 0.494 e. The fourth-order valence-corrected chi connectivity index (χ4v) is 3.72. The molecule has 0 aromatic heterocycles. The van der Waals surface area contributed by atoms with Gasteiger partial charge in [0.2, 0.25) is 10.0 Å². The van der Waals surface area contributed by atoms with Crippen LogP contribution < -0.4 is 10.2 Å². The summed E-state index contributed by atoms with van der Waals surface area (Å²) in [5, 5.41) is 0. The van der Waals surface area contributed by atoms with Gasteiger partial charge in [-0.3, -0.25) is 0 Å². The van der Waals surface area contributed by atoms with Crippen molar-refractivity contribution in [3.63, 3.8) is 0 Å².